The molecule has 0 nitrogen and oxygen atoms in total. The van der Waals surface area contributed by atoms with E-state index >= 15 is 0 Å². The van der Waals surface area contributed by atoms with Crippen molar-refractivity contribution in [1.82, 2.24) is 0 Å². The summed E-state index contributed by atoms with van der Waals surface area (Å²) in [5, 5.41) is 0. The van der Waals surface area contributed by atoms with Gasteiger partial charge in [0.1, 0.15) is 0 Å². The van der Waals surface area contributed by atoms with Gasteiger partial charge >= 0.3 is 0 Å². The van der Waals surface area contributed by atoms with Gasteiger partial charge in [-0.15, -0.1) is 0 Å². The third kappa shape index (κ3) is 1.47. The molecule has 0 aliphatic carbocycles. The van der Waals surface area contributed by atoms with Crippen LogP contribution in [0.4, 0.5) is 0 Å². The van der Waals surface area contributed by atoms with E-state index in [9.17, 15) is 0 Å². The summed E-state index contributed by atoms with van der Waals surface area (Å²) < 4.78 is 0. The molecule has 0 aliphatic rings. The summed E-state index contributed by atoms with van der Waals surface area (Å²) in [4.78, 5) is 0. The van der Waals surface area contributed by atoms with Crippen molar-refractivity contribution in [3.05, 3.63) is 49.4 Å². The molecule has 0 aliphatic heterocycles. The molecule has 0 heteroatoms. The van der Waals surface area contributed by atoms with E-state index in [4.69, 9.17) is 0 Å². The van der Waals surface area contributed by atoms with Crippen LogP contribution in [0.25, 0.3) is 5.57 Å². The zero-order valence-electron chi connectivity index (χ0n) is 5.93. The van der Waals surface area contributed by atoms with E-state index < -0.39 is 0 Å². The predicted molar refractivity (Wildman–Crippen MR) is 44.3 cm³/mol. The summed E-state index contributed by atoms with van der Waals surface area (Å²) in [5.74, 6) is 0. The molecule has 1 aromatic rings. The quantitative estimate of drug-likeness (QED) is 0.577. The van der Waals surface area contributed by atoms with Crippen molar-refractivity contribution in [1.29, 1.82) is 0 Å². The van der Waals surface area contributed by atoms with E-state index in [0.29, 0.717) is 0 Å². The standard InChI is InChI=1S/C10H10/c1-3-9(2)10-7-5-4-6-8-10/h4-7H,1-3H2. The van der Waals surface area contributed by atoms with Gasteiger partial charge in [0.2, 0.25) is 0 Å². The first-order valence-electron chi connectivity index (χ1n) is 3.28. The Morgan fingerprint density at radius 3 is 2.80 bits per heavy atom. The molecule has 10 heavy (non-hydrogen) atoms. The number of rotatable bonds is 2. The molecule has 0 N–H and O–H groups in total. The number of hydrogen-bond donors (Lipinski definition) is 0. The van der Waals surface area contributed by atoms with Crippen LogP contribution in [-0.2, 0) is 0 Å². The van der Waals surface area contributed by atoms with Crippen molar-refractivity contribution in [2.24, 2.45) is 0 Å². The molecule has 50 valence electrons. The first-order valence-corrected chi connectivity index (χ1v) is 3.28. The molecule has 0 aromatic heterocycles. The van der Waals surface area contributed by atoms with E-state index in [1.165, 1.54) is 0 Å². The lowest BCUT2D eigenvalue weighted by molar-refractivity contribution is 1.40. The highest BCUT2D eigenvalue weighted by atomic mass is 14.0. The highest BCUT2D eigenvalue weighted by Gasteiger charge is 1.92. The molecule has 1 rings (SSSR count). The molecule has 0 heterocycles. The van der Waals surface area contributed by atoms with Crippen LogP contribution in [0.5, 0.6) is 0 Å². The molecule has 1 aromatic carbocycles. The second-order valence-corrected chi connectivity index (χ2v) is 2.13. The van der Waals surface area contributed by atoms with Crippen molar-refractivity contribution < 1.29 is 0 Å². The minimum atomic E-state index is 0.751. The minimum Gasteiger partial charge on any atom is -0.0952 e. The lowest BCUT2D eigenvalue weighted by Gasteiger charge is -1.98. The fourth-order valence-corrected chi connectivity index (χ4v) is 0.748. The van der Waals surface area contributed by atoms with Crippen LogP contribution in [-0.4, -0.2) is 0 Å². The average molecular weight is 130 g/mol. The van der Waals surface area contributed by atoms with Gasteiger partial charge in [-0.3, -0.25) is 0 Å². The van der Waals surface area contributed by atoms with Gasteiger partial charge in [-0.1, -0.05) is 30.8 Å². The van der Waals surface area contributed by atoms with Crippen molar-refractivity contribution >= 4 is 5.57 Å². The molecule has 0 saturated carbocycles. The van der Waals surface area contributed by atoms with Gasteiger partial charge in [-0.2, -0.15) is 0 Å². The van der Waals surface area contributed by atoms with Gasteiger partial charge in [0.25, 0.3) is 0 Å². The van der Waals surface area contributed by atoms with Gasteiger partial charge in [-0.25, -0.2) is 0 Å². The van der Waals surface area contributed by atoms with Gasteiger partial charge in [0.05, 0.1) is 0 Å². The monoisotopic (exact) mass is 130 g/mol. The largest absolute Gasteiger partial charge is 0.0952 e. The number of benzene rings is 1. The van der Waals surface area contributed by atoms with Crippen molar-refractivity contribution in [2.45, 2.75) is 6.42 Å². The number of allylic oxidation sites excluding steroid dienone is 1. The van der Waals surface area contributed by atoms with Gasteiger partial charge < -0.3 is 0 Å². The SMILES string of the molecule is [CH2]CC(=C)c1[c]cccc1. The van der Waals surface area contributed by atoms with Crippen molar-refractivity contribution in [2.75, 3.05) is 0 Å². The maximum Gasteiger partial charge on any atom is -0.0103 e. The van der Waals surface area contributed by atoms with Crippen LogP contribution in [0.15, 0.2) is 30.8 Å². The minimum absolute atomic E-state index is 0.751. The Morgan fingerprint density at radius 2 is 2.30 bits per heavy atom. The summed E-state index contributed by atoms with van der Waals surface area (Å²) >= 11 is 0. The first-order chi connectivity index (χ1) is 4.84. The second-order valence-electron chi connectivity index (χ2n) is 2.13. The molecule has 0 spiro atoms. The summed E-state index contributed by atoms with van der Waals surface area (Å²) in [6.07, 6.45) is 0.751. The summed E-state index contributed by atoms with van der Waals surface area (Å²) in [6, 6.07) is 10.9. The predicted octanol–water partition coefficient (Wildman–Crippen LogP) is 2.72. The molecule has 2 radical (unpaired) electrons. The normalized spacial score (nSPS) is 9.30. The number of hydrogen-bond acceptors (Lipinski definition) is 0. The van der Waals surface area contributed by atoms with E-state index in [1.54, 1.807) is 0 Å². The van der Waals surface area contributed by atoms with Crippen LogP contribution < -0.4 is 0 Å². The molecule has 0 saturated heterocycles. The molecule has 0 atom stereocenters. The second kappa shape index (κ2) is 3.21. The Bertz CT molecular complexity index is 209. The summed E-state index contributed by atoms with van der Waals surface area (Å²) in [5.41, 5.74) is 2.11. The van der Waals surface area contributed by atoms with Gasteiger partial charge in [0, 0.05) is 0 Å². The van der Waals surface area contributed by atoms with Gasteiger partial charge in [-0.05, 0) is 30.5 Å². The fourth-order valence-electron chi connectivity index (χ4n) is 0.748. The Morgan fingerprint density at radius 1 is 1.50 bits per heavy atom. The topological polar surface area (TPSA) is 0 Å². The van der Waals surface area contributed by atoms with Crippen LogP contribution in [0, 0.1) is 13.0 Å². The molecule has 0 unspecified atom stereocenters. The summed E-state index contributed by atoms with van der Waals surface area (Å²) in [7, 11) is 0. The zero-order valence-corrected chi connectivity index (χ0v) is 5.93. The Labute approximate surface area is 62.2 Å². The molecular formula is C10H10. The third-order valence-corrected chi connectivity index (χ3v) is 1.39. The lowest BCUT2D eigenvalue weighted by Crippen LogP contribution is -1.78. The Kier molecular flexibility index (Phi) is 2.27. The Balaban J connectivity index is 2.85. The first kappa shape index (κ1) is 7.07. The molecule has 0 fully saturated rings. The lowest BCUT2D eigenvalue weighted by atomic mass is 10.1. The molecule has 0 bridgehead atoms. The summed E-state index contributed by atoms with van der Waals surface area (Å²) in [6.45, 7) is 7.59. The van der Waals surface area contributed by atoms with Crippen LogP contribution in [0.3, 0.4) is 0 Å². The molecular weight excluding hydrogens is 120 g/mol. The average Bonchev–Trinajstić information content (AvgIpc) is 2.05. The highest BCUT2D eigenvalue weighted by molar-refractivity contribution is 5.62. The van der Waals surface area contributed by atoms with E-state index in [-0.39, 0.29) is 0 Å². The maximum absolute atomic E-state index is 3.85. The third-order valence-electron chi connectivity index (χ3n) is 1.39. The van der Waals surface area contributed by atoms with Crippen LogP contribution in [0.1, 0.15) is 12.0 Å². The smallest absolute Gasteiger partial charge is 0.0103 e. The van der Waals surface area contributed by atoms with Crippen molar-refractivity contribution in [3.8, 4) is 0 Å². The van der Waals surface area contributed by atoms with Gasteiger partial charge in [0.15, 0.2) is 0 Å². The van der Waals surface area contributed by atoms with Crippen molar-refractivity contribution in [3.63, 3.8) is 0 Å². The van der Waals surface area contributed by atoms with E-state index in [2.05, 4.69) is 19.6 Å². The fraction of sp³-hybridized carbons (Fsp3) is 0.100. The maximum atomic E-state index is 3.85. The van der Waals surface area contributed by atoms with Crippen LogP contribution in [0.2, 0.25) is 0 Å². The van der Waals surface area contributed by atoms with E-state index in [1.807, 2.05) is 24.3 Å². The molecule has 0 amide bonds. The van der Waals surface area contributed by atoms with Crippen LogP contribution >= 0.6 is 0 Å². The van der Waals surface area contributed by atoms with E-state index in [0.717, 1.165) is 17.6 Å². The Hall–Kier alpha value is -1.04. The highest BCUT2D eigenvalue weighted by Crippen LogP contribution is 2.12. The zero-order chi connectivity index (χ0) is 7.40.